The molecule has 0 aliphatic heterocycles. The van der Waals surface area contributed by atoms with Crippen molar-refractivity contribution in [1.29, 1.82) is 0 Å². The zero-order chi connectivity index (χ0) is 6.41. The average Bonchev–Trinajstić information content (AvgIpc) is 1.83. The summed E-state index contributed by atoms with van der Waals surface area (Å²) in [5.74, 6) is 0. The van der Waals surface area contributed by atoms with E-state index < -0.39 is 0 Å². The van der Waals surface area contributed by atoms with Gasteiger partial charge in [-0.1, -0.05) is 16.8 Å². The summed E-state index contributed by atoms with van der Waals surface area (Å²) in [5, 5.41) is 3.35. The maximum absolute atomic E-state index is 7.84. The number of nitrogens with zero attached hydrogens (tertiary/aromatic N) is 3. The summed E-state index contributed by atoms with van der Waals surface area (Å²) in [7, 11) is 0. The molecule has 0 aliphatic carbocycles. The van der Waals surface area contributed by atoms with E-state index in [1.165, 1.54) is 0 Å². The molecular formula is C5H9N3. The SMILES string of the molecule is CC=C(C)CN=[N+]=[N-]. The van der Waals surface area contributed by atoms with Crippen LogP contribution in [0.1, 0.15) is 13.8 Å². The molecule has 0 radical (unpaired) electrons. The summed E-state index contributed by atoms with van der Waals surface area (Å²) in [5.41, 5.74) is 8.94. The molecule has 0 fully saturated rings. The van der Waals surface area contributed by atoms with E-state index in [0.717, 1.165) is 5.57 Å². The van der Waals surface area contributed by atoms with E-state index in [2.05, 4.69) is 10.0 Å². The lowest BCUT2D eigenvalue weighted by Gasteiger charge is -1.86. The third kappa shape index (κ3) is 3.25. The standard InChI is InChI=1S/C5H9N3/c1-3-5(2)4-7-8-6/h3H,4H2,1-2H3. The molecule has 0 spiro atoms. The maximum atomic E-state index is 7.84. The number of hydrogen-bond donors (Lipinski definition) is 0. The molecule has 0 N–H and O–H groups in total. The summed E-state index contributed by atoms with van der Waals surface area (Å²) in [4.78, 5) is 2.61. The van der Waals surface area contributed by atoms with Crippen LogP contribution in [0.25, 0.3) is 10.4 Å². The minimum absolute atomic E-state index is 0.493. The highest BCUT2D eigenvalue weighted by Crippen LogP contribution is 1.90. The van der Waals surface area contributed by atoms with Gasteiger partial charge in [0.25, 0.3) is 0 Å². The normalized spacial score (nSPS) is 10.5. The second-order valence-electron chi connectivity index (χ2n) is 1.52. The quantitative estimate of drug-likeness (QED) is 0.227. The van der Waals surface area contributed by atoms with Gasteiger partial charge in [-0.05, 0) is 19.4 Å². The Morgan fingerprint density at radius 3 is 2.88 bits per heavy atom. The van der Waals surface area contributed by atoms with Crippen molar-refractivity contribution in [2.45, 2.75) is 13.8 Å². The van der Waals surface area contributed by atoms with Crippen molar-refractivity contribution in [2.75, 3.05) is 6.54 Å². The van der Waals surface area contributed by atoms with Crippen LogP contribution in [0.3, 0.4) is 0 Å². The molecule has 0 rings (SSSR count). The van der Waals surface area contributed by atoms with Crippen molar-refractivity contribution in [2.24, 2.45) is 5.11 Å². The van der Waals surface area contributed by atoms with Crippen molar-refractivity contribution in [1.82, 2.24) is 0 Å². The molecular weight excluding hydrogens is 102 g/mol. The Kier molecular flexibility index (Phi) is 3.71. The molecule has 0 heterocycles. The molecule has 0 unspecified atom stereocenters. The van der Waals surface area contributed by atoms with Crippen molar-refractivity contribution in [3.8, 4) is 0 Å². The third-order valence-electron chi connectivity index (χ3n) is 0.876. The largest absolute Gasteiger partial charge is 0.0896 e. The van der Waals surface area contributed by atoms with Gasteiger partial charge in [0.2, 0.25) is 0 Å². The van der Waals surface area contributed by atoms with Crippen molar-refractivity contribution in [3.63, 3.8) is 0 Å². The molecule has 3 heteroatoms. The highest BCUT2D eigenvalue weighted by molar-refractivity contribution is 4.97. The van der Waals surface area contributed by atoms with Crippen molar-refractivity contribution < 1.29 is 0 Å². The second kappa shape index (κ2) is 4.22. The first-order chi connectivity index (χ1) is 3.81. The number of allylic oxidation sites excluding steroid dienone is 1. The molecule has 0 bridgehead atoms. The van der Waals surface area contributed by atoms with Gasteiger partial charge >= 0.3 is 0 Å². The molecule has 0 amide bonds. The third-order valence-corrected chi connectivity index (χ3v) is 0.876. The molecule has 0 aliphatic rings. The van der Waals surface area contributed by atoms with Gasteiger partial charge in [-0.3, -0.25) is 0 Å². The fourth-order valence-electron chi connectivity index (χ4n) is 0.234. The Hall–Kier alpha value is -0.950. The first-order valence-electron chi connectivity index (χ1n) is 2.44. The van der Waals surface area contributed by atoms with Gasteiger partial charge in [-0.15, -0.1) is 0 Å². The minimum atomic E-state index is 0.493. The van der Waals surface area contributed by atoms with E-state index in [0.29, 0.717) is 6.54 Å². The lowest BCUT2D eigenvalue weighted by atomic mass is 10.3. The Morgan fingerprint density at radius 2 is 2.50 bits per heavy atom. The Bertz CT molecular complexity index is 131. The van der Waals surface area contributed by atoms with Crippen LogP contribution in [0.15, 0.2) is 16.8 Å². The first kappa shape index (κ1) is 7.05. The Morgan fingerprint density at radius 1 is 1.88 bits per heavy atom. The Balaban J connectivity index is 3.55. The molecule has 0 atom stereocenters. The summed E-state index contributed by atoms with van der Waals surface area (Å²) < 4.78 is 0. The monoisotopic (exact) mass is 111 g/mol. The highest BCUT2D eigenvalue weighted by atomic mass is 15.1. The Labute approximate surface area is 48.6 Å². The lowest BCUT2D eigenvalue weighted by molar-refractivity contribution is 1.11. The van der Waals surface area contributed by atoms with Gasteiger partial charge in [0.1, 0.15) is 0 Å². The van der Waals surface area contributed by atoms with E-state index in [1.807, 2.05) is 19.9 Å². The van der Waals surface area contributed by atoms with Crippen LogP contribution in [0.4, 0.5) is 0 Å². The molecule has 0 saturated carbocycles. The molecule has 8 heavy (non-hydrogen) atoms. The summed E-state index contributed by atoms with van der Waals surface area (Å²) in [6.07, 6.45) is 1.93. The summed E-state index contributed by atoms with van der Waals surface area (Å²) in [6, 6.07) is 0. The van der Waals surface area contributed by atoms with Gasteiger partial charge < -0.3 is 0 Å². The van der Waals surface area contributed by atoms with Gasteiger partial charge in [0, 0.05) is 11.5 Å². The fourth-order valence-corrected chi connectivity index (χ4v) is 0.234. The van der Waals surface area contributed by atoms with Crippen molar-refractivity contribution in [3.05, 3.63) is 22.1 Å². The lowest BCUT2D eigenvalue weighted by Crippen LogP contribution is -1.76. The second-order valence-corrected chi connectivity index (χ2v) is 1.52. The van der Waals surface area contributed by atoms with Crippen LogP contribution in [-0.2, 0) is 0 Å². The van der Waals surface area contributed by atoms with Crippen LogP contribution in [-0.4, -0.2) is 6.54 Å². The van der Waals surface area contributed by atoms with E-state index in [-0.39, 0.29) is 0 Å². The molecule has 44 valence electrons. The number of hydrogen-bond acceptors (Lipinski definition) is 1. The smallest absolute Gasteiger partial charge is 0.0467 e. The van der Waals surface area contributed by atoms with Gasteiger partial charge in [0.15, 0.2) is 0 Å². The average molecular weight is 111 g/mol. The predicted octanol–water partition coefficient (Wildman–Crippen LogP) is 2.26. The molecule has 0 aromatic heterocycles. The van der Waals surface area contributed by atoms with E-state index in [9.17, 15) is 0 Å². The molecule has 0 aromatic rings. The molecule has 0 aromatic carbocycles. The van der Waals surface area contributed by atoms with E-state index >= 15 is 0 Å². The van der Waals surface area contributed by atoms with Gasteiger partial charge in [-0.25, -0.2) is 0 Å². The zero-order valence-corrected chi connectivity index (χ0v) is 5.13. The zero-order valence-electron chi connectivity index (χ0n) is 5.13. The number of azide groups is 1. The van der Waals surface area contributed by atoms with E-state index in [4.69, 9.17) is 5.53 Å². The molecule has 0 saturated heterocycles. The van der Waals surface area contributed by atoms with Gasteiger partial charge in [-0.2, -0.15) is 0 Å². The minimum Gasteiger partial charge on any atom is -0.0896 e. The predicted molar refractivity (Wildman–Crippen MR) is 33.4 cm³/mol. The maximum Gasteiger partial charge on any atom is 0.0467 e. The van der Waals surface area contributed by atoms with Crippen LogP contribution in [0.2, 0.25) is 0 Å². The fraction of sp³-hybridized carbons (Fsp3) is 0.600. The first-order valence-corrected chi connectivity index (χ1v) is 2.44. The van der Waals surface area contributed by atoms with Crippen LogP contribution < -0.4 is 0 Å². The van der Waals surface area contributed by atoms with Crippen LogP contribution in [0.5, 0.6) is 0 Å². The van der Waals surface area contributed by atoms with E-state index in [1.54, 1.807) is 0 Å². The van der Waals surface area contributed by atoms with Gasteiger partial charge in [0.05, 0.1) is 0 Å². The summed E-state index contributed by atoms with van der Waals surface area (Å²) in [6.45, 7) is 4.34. The summed E-state index contributed by atoms with van der Waals surface area (Å²) >= 11 is 0. The number of rotatable bonds is 2. The topological polar surface area (TPSA) is 48.8 Å². The highest BCUT2D eigenvalue weighted by Gasteiger charge is 1.78. The van der Waals surface area contributed by atoms with Crippen LogP contribution >= 0.6 is 0 Å². The van der Waals surface area contributed by atoms with Crippen molar-refractivity contribution >= 4 is 0 Å². The molecule has 3 nitrogen and oxygen atoms in total. The van der Waals surface area contributed by atoms with Crippen LogP contribution in [0, 0.1) is 0 Å².